The fourth-order valence-electron chi connectivity index (χ4n) is 3.61. The molecule has 6 heteroatoms. The van der Waals surface area contributed by atoms with Crippen molar-refractivity contribution in [3.8, 4) is 0 Å². The topological polar surface area (TPSA) is 66.5 Å². The lowest BCUT2D eigenvalue weighted by Crippen LogP contribution is -2.43. The van der Waals surface area contributed by atoms with Gasteiger partial charge in [0.1, 0.15) is 0 Å². The molecule has 0 bridgehead atoms. The summed E-state index contributed by atoms with van der Waals surface area (Å²) in [6, 6.07) is 16.8. The van der Waals surface area contributed by atoms with Crippen LogP contribution < -0.4 is 5.32 Å². The lowest BCUT2D eigenvalue weighted by atomic mass is 9.96. The Balaban J connectivity index is 1.60. The molecule has 1 saturated heterocycles. The zero-order valence-corrected chi connectivity index (χ0v) is 17.3. The number of hydrogen-bond donors (Lipinski definition) is 1. The van der Waals surface area contributed by atoms with Gasteiger partial charge in [0.05, 0.1) is 10.9 Å². The SMILES string of the molecule is CC[C@@H](NC(=O)C1CCN(S(=O)(=O)c2ccc(C)cc2)CC1)c1ccccc1. The van der Waals surface area contributed by atoms with E-state index < -0.39 is 10.0 Å². The molecular weight excluding hydrogens is 372 g/mol. The highest BCUT2D eigenvalue weighted by atomic mass is 32.2. The first-order valence-corrected chi connectivity index (χ1v) is 11.3. The van der Waals surface area contributed by atoms with Crippen LogP contribution in [0.4, 0.5) is 0 Å². The molecule has 1 atom stereocenters. The average molecular weight is 401 g/mol. The molecule has 1 aliphatic rings. The molecule has 0 aliphatic carbocycles. The summed E-state index contributed by atoms with van der Waals surface area (Å²) in [5, 5.41) is 3.14. The first kappa shape index (κ1) is 20.6. The Morgan fingerprint density at radius 1 is 1.07 bits per heavy atom. The van der Waals surface area contributed by atoms with Gasteiger partial charge < -0.3 is 5.32 Å². The van der Waals surface area contributed by atoms with Crippen LogP contribution in [0.3, 0.4) is 0 Å². The van der Waals surface area contributed by atoms with E-state index in [-0.39, 0.29) is 17.9 Å². The highest BCUT2D eigenvalue weighted by Crippen LogP contribution is 2.25. The second kappa shape index (κ2) is 8.88. The second-order valence-electron chi connectivity index (χ2n) is 7.37. The highest BCUT2D eigenvalue weighted by Gasteiger charge is 2.32. The molecule has 28 heavy (non-hydrogen) atoms. The minimum atomic E-state index is -3.50. The summed E-state index contributed by atoms with van der Waals surface area (Å²) in [6.45, 7) is 4.72. The van der Waals surface area contributed by atoms with E-state index in [9.17, 15) is 13.2 Å². The number of amides is 1. The molecule has 0 spiro atoms. The fraction of sp³-hybridized carbons (Fsp3) is 0.409. The molecule has 0 unspecified atom stereocenters. The molecule has 0 saturated carbocycles. The van der Waals surface area contributed by atoms with Gasteiger partial charge in [0, 0.05) is 19.0 Å². The summed E-state index contributed by atoms with van der Waals surface area (Å²) >= 11 is 0. The normalized spacial score (nSPS) is 17.2. The smallest absolute Gasteiger partial charge is 0.243 e. The maximum Gasteiger partial charge on any atom is 0.243 e. The van der Waals surface area contributed by atoms with Gasteiger partial charge in [0.2, 0.25) is 15.9 Å². The van der Waals surface area contributed by atoms with Crippen LogP contribution in [0, 0.1) is 12.8 Å². The maximum absolute atomic E-state index is 12.8. The van der Waals surface area contributed by atoms with Crippen LogP contribution in [0.15, 0.2) is 59.5 Å². The van der Waals surface area contributed by atoms with Crippen LogP contribution in [-0.2, 0) is 14.8 Å². The van der Waals surface area contributed by atoms with Crippen molar-refractivity contribution >= 4 is 15.9 Å². The number of benzene rings is 2. The standard InChI is InChI=1S/C22H28N2O3S/c1-3-21(18-7-5-4-6-8-18)23-22(25)19-13-15-24(16-14-19)28(26,27)20-11-9-17(2)10-12-20/h4-12,19,21H,3,13-16H2,1-2H3,(H,23,25)/t21-/m1/s1. The third-order valence-electron chi connectivity index (χ3n) is 5.41. The molecule has 1 heterocycles. The van der Waals surface area contributed by atoms with E-state index in [0.29, 0.717) is 30.8 Å². The monoisotopic (exact) mass is 400 g/mol. The molecule has 150 valence electrons. The van der Waals surface area contributed by atoms with Crippen molar-refractivity contribution in [2.24, 2.45) is 5.92 Å². The van der Waals surface area contributed by atoms with Gasteiger partial charge in [-0.15, -0.1) is 0 Å². The van der Waals surface area contributed by atoms with Crippen LogP contribution in [-0.4, -0.2) is 31.7 Å². The summed E-state index contributed by atoms with van der Waals surface area (Å²) < 4.78 is 27.1. The molecule has 5 nitrogen and oxygen atoms in total. The minimum absolute atomic E-state index is 0.0111. The van der Waals surface area contributed by atoms with Crippen LogP contribution in [0.5, 0.6) is 0 Å². The van der Waals surface area contributed by atoms with Crippen LogP contribution in [0.2, 0.25) is 0 Å². The van der Waals surface area contributed by atoms with E-state index in [1.807, 2.05) is 49.4 Å². The van der Waals surface area contributed by atoms with Crippen molar-refractivity contribution in [2.75, 3.05) is 13.1 Å². The maximum atomic E-state index is 12.8. The zero-order chi connectivity index (χ0) is 20.1. The lowest BCUT2D eigenvalue weighted by molar-refractivity contribution is -0.126. The van der Waals surface area contributed by atoms with Gasteiger partial charge in [-0.1, -0.05) is 55.0 Å². The molecule has 1 fully saturated rings. The Morgan fingerprint density at radius 2 is 1.68 bits per heavy atom. The number of aryl methyl sites for hydroxylation is 1. The van der Waals surface area contributed by atoms with Gasteiger partial charge in [-0.05, 0) is 43.9 Å². The first-order chi connectivity index (χ1) is 13.4. The van der Waals surface area contributed by atoms with Gasteiger partial charge in [0.15, 0.2) is 0 Å². The molecule has 1 N–H and O–H groups in total. The van der Waals surface area contributed by atoms with Crippen molar-refractivity contribution in [1.82, 2.24) is 9.62 Å². The van der Waals surface area contributed by atoms with Gasteiger partial charge in [-0.25, -0.2) is 8.42 Å². The Hall–Kier alpha value is -2.18. The highest BCUT2D eigenvalue weighted by molar-refractivity contribution is 7.89. The fourth-order valence-corrected chi connectivity index (χ4v) is 5.08. The predicted molar refractivity (Wildman–Crippen MR) is 110 cm³/mol. The summed E-state index contributed by atoms with van der Waals surface area (Å²) in [6.07, 6.45) is 1.90. The number of nitrogens with zero attached hydrogens (tertiary/aromatic N) is 1. The van der Waals surface area contributed by atoms with Crippen molar-refractivity contribution in [1.29, 1.82) is 0 Å². The third-order valence-corrected chi connectivity index (χ3v) is 7.32. The van der Waals surface area contributed by atoms with Gasteiger partial charge in [-0.2, -0.15) is 4.31 Å². The summed E-state index contributed by atoms with van der Waals surface area (Å²) in [4.78, 5) is 13.0. The van der Waals surface area contributed by atoms with Crippen molar-refractivity contribution < 1.29 is 13.2 Å². The molecule has 3 rings (SSSR count). The van der Waals surface area contributed by atoms with Crippen molar-refractivity contribution in [3.05, 3.63) is 65.7 Å². The lowest BCUT2D eigenvalue weighted by Gasteiger charge is -2.31. The molecule has 2 aromatic carbocycles. The zero-order valence-electron chi connectivity index (χ0n) is 16.5. The largest absolute Gasteiger partial charge is 0.349 e. The first-order valence-electron chi connectivity index (χ1n) is 9.84. The van der Waals surface area contributed by atoms with Crippen LogP contribution in [0.25, 0.3) is 0 Å². The second-order valence-corrected chi connectivity index (χ2v) is 9.31. The predicted octanol–water partition coefficient (Wildman–Crippen LogP) is 3.66. The molecular formula is C22H28N2O3S. The van der Waals surface area contributed by atoms with E-state index >= 15 is 0 Å². The number of carbonyl (C=O) groups excluding carboxylic acids is 1. The molecule has 0 aromatic heterocycles. The number of carbonyl (C=O) groups is 1. The molecule has 1 aliphatic heterocycles. The third kappa shape index (κ3) is 4.62. The number of hydrogen-bond acceptors (Lipinski definition) is 3. The van der Waals surface area contributed by atoms with Crippen LogP contribution >= 0.6 is 0 Å². The summed E-state index contributed by atoms with van der Waals surface area (Å²) in [5.41, 5.74) is 2.12. The Labute approximate surface area is 167 Å². The van der Waals surface area contributed by atoms with Gasteiger partial charge in [-0.3, -0.25) is 4.79 Å². The number of rotatable bonds is 6. The van der Waals surface area contributed by atoms with Crippen molar-refractivity contribution in [3.63, 3.8) is 0 Å². The van der Waals surface area contributed by atoms with Crippen LogP contribution in [0.1, 0.15) is 43.4 Å². The van der Waals surface area contributed by atoms with E-state index in [4.69, 9.17) is 0 Å². The summed E-state index contributed by atoms with van der Waals surface area (Å²) in [7, 11) is -3.50. The minimum Gasteiger partial charge on any atom is -0.349 e. The van der Waals surface area contributed by atoms with Gasteiger partial charge in [0.25, 0.3) is 0 Å². The molecule has 2 aromatic rings. The van der Waals surface area contributed by atoms with E-state index in [1.165, 1.54) is 4.31 Å². The van der Waals surface area contributed by atoms with E-state index in [1.54, 1.807) is 12.1 Å². The Kier molecular flexibility index (Phi) is 6.52. The number of sulfonamides is 1. The number of piperidine rings is 1. The molecule has 1 amide bonds. The average Bonchev–Trinajstić information content (AvgIpc) is 2.73. The van der Waals surface area contributed by atoms with Gasteiger partial charge >= 0.3 is 0 Å². The quantitative estimate of drug-likeness (QED) is 0.805. The Morgan fingerprint density at radius 3 is 2.25 bits per heavy atom. The Bertz CT molecular complexity index is 887. The summed E-state index contributed by atoms with van der Waals surface area (Å²) in [5.74, 6) is -0.134. The van der Waals surface area contributed by atoms with E-state index in [0.717, 1.165) is 17.5 Å². The number of nitrogens with one attached hydrogen (secondary N) is 1. The van der Waals surface area contributed by atoms with Crippen molar-refractivity contribution in [2.45, 2.75) is 44.0 Å². The molecule has 0 radical (unpaired) electrons. The van der Waals surface area contributed by atoms with E-state index in [2.05, 4.69) is 12.2 Å².